The van der Waals surface area contributed by atoms with E-state index in [1.165, 1.54) is 12.1 Å². The number of para-hydroxylation sites is 1. The van der Waals surface area contributed by atoms with Crippen molar-refractivity contribution in [1.82, 2.24) is 4.90 Å². The Balaban J connectivity index is 2.97. The van der Waals surface area contributed by atoms with E-state index in [4.69, 9.17) is 16.3 Å². The first-order valence-electron chi connectivity index (χ1n) is 5.08. The molecule has 0 unspecified atom stereocenters. The lowest BCUT2D eigenvalue weighted by Crippen LogP contribution is -2.24. The summed E-state index contributed by atoms with van der Waals surface area (Å²) in [5.74, 6) is 0. The summed E-state index contributed by atoms with van der Waals surface area (Å²) in [5, 5.41) is 27.9. The van der Waals surface area contributed by atoms with Gasteiger partial charge < -0.3 is 5.73 Å². The molecule has 2 N–H and O–H groups in total. The van der Waals surface area contributed by atoms with Crippen molar-refractivity contribution in [2.45, 2.75) is 6.54 Å². The van der Waals surface area contributed by atoms with E-state index in [1.807, 2.05) is 12.1 Å². The van der Waals surface area contributed by atoms with Crippen molar-refractivity contribution in [2.24, 2.45) is 0 Å². The van der Waals surface area contributed by atoms with E-state index in [2.05, 4.69) is 0 Å². The molecule has 7 heteroatoms. The van der Waals surface area contributed by atoms with Gasteiger partial charge in [0.15, 0.2) is 0 Å². The average Bonchev–Trinajstić information content (AvgIpc) is 2.32. The lowest BCUT2D eigenvalue weighted by molar-refractivity contribution is -0.384. The molecule has 1 aromatic rings. The van der Waals surface area contributed by atoms with Crippen LogP contribution in [0.25, 0.3) is 0 Å². The van der Waals surface area contributed by atoms with Crippen molar-refractivity contribution in [3.8, 4) is 12.1 Å². The molecule has 0 amide bonds. The summed E-state index contributed by atoms with van der Waals surface area (Å²) >= 11 is 0. The van der Waals surface area contributed by atoms with Crippen LogP contribution in [0.4, 0.5) is 11.4 Å². The van der Waals surface area contributed by atoms with Crippen molar-refractivity contribution in [3.05, 3.63) is 33.9 Å². The van der Waals surface area contributed by atoms with Gasteiger partial charge >= 0.3 is 0 Å². The summed E-state index contributed by atoms with van der Waals surface area (Å²) in [4.78, 5) is 11.7. The molecule has 0 radical (unpaired) electrons. The van der Waals surface area contributed by atoms with E-state index < -0.39 is 4.92 Å². The fraction of sp³-hybridized carbons (Fsp3) is 0.273. The first kappa shape index (κ1) is 13.4. The minimum Gasteiger partial charge on any atom is -0.393 e. The molecule has 0 saturated carbocycles. The number of benzene rings is 1. The van der Waals surface area contributed by atoms with E-state index in [-0.39, 0.29) is 31.0 Å². The SMILES string of the molecule is N#CCN(CC#N)Cc1cccc([N+](=O)[O-])c1N. The van der Waals surface area contributed by atoms with Gasteiger partial charge in [0, 0.05) is 12.6 Å². The van der Waals surface area contributed by atoms with E-state index in [9.17, 15) is 10.1 Å². The van der Waals surface area contributed by atoms with Gasteiger partial charge in [-0.2, -0.15) is 10.5 Å². The molecule has 0 heterocycles. The number of nitrogen functional groups attached to an aromatic ring is 1. The zero-order chi connectivity index (χ0) is 13.5. The van der Waals surface area contributed by atoms with Crippen LogP contribution < -0.4 is 5.73 Å². The molecule has 0 aliphatic carbocycles. The van der Waals surface area contributed by atoms with Gasteiger partial charge in [0.25, 0.3) is 5.69 Å². The molecule has 1 rings (SSSR count). The topological polar surface area (TPSA) is 120 Å². The summed E-state index contributed by atoms with van der Waals surface area (Å²) in [6.45, 7) is 0.361. The van der Waals surface area contributed by atoms with Crippen LogP contribution in [0.1, 0.15) is 5.56 Å². The summed E-state index contributed by atoms with van der Waals surface area (Å²) in [5.41, 5.74) is 6.13. The Hall–Kier alpha value is -2.64. The zero-order valence-corrected chi connectivity index (χ0v) is 9.54. The predicted octanol–water partition coefficient (Wildman–Crippen LogP) is 1.03. The maximum atomic E-state index is 10.7. The van der Waals surface area contributed by atoms with Crippen LogP contribution in [-0.2, 0) is 6.54 Å². The molecule has 0 atom stereocenters. The lowest BCUT2D eigenvalue weighted by Gasteiger charge is -2.16. The molecule has 1 aromatic carbocycles. The fourth-order valence-electron chi connectivity index (χ4n) is 1.51. The molecule has 0 bridgehead atoms. The number of rotatable bonds is 5. The maximum Gasteiger partial charge on any atom is 0.292 e. The number of anilines is 1. The van der Waals surface area contributed by atoms with Gasteiger partial charge in [0.05, 0.1) is 30.2 Å². The largest absolute Gasteiger partial charge is 0.393 e. The maximum absolute atomic E-state index is 10.7. The predicted molar refractivity (Wildman–Crippen MR) is 64.0 cm³/mol. The first-order chi connectivity index (χ1) is 8.60. The molecule has 7 nitrogen and oxygen atoms in total. The number of hydrogen-bond acceptors (Lipinski definition) is 6. The summed E-state index contributed by atoms with van der Waals surface area (Å²) in [6.07, 6.45) is 0. The number of nitro groups is 1. The van der Waals surface area contributed by atoms with E-state index in [0.29, 0.717) is 5.56 Å². The Morgan fingerprint density at radius 1 is 1.33 bits per heavy atom. The van der Waals surface area contributed by atoms with Crippen LogP contribution >= 0.6 is 0 Å². The van der Waals surface area contributed by atoms with Crippen LogP contribution in [-0.4, -0.2) is 22.9 Å². The number of nitriles is 2. The van der Waals surface area contributed by atoms with Gasteiger partial charge in [0.2, 0.25) is 0 Å². The standard InChI is InChI=1S/C11H11N5O2/c12-4-6-15(7-5-13)8-9-2-1-3-10(11(9)14)16(17)18/h1-3H,6-8,14H2. The monoisotopic (exact) mass is 245 g/mol. The van der Waals surface area contributed by atoms with Gasteiger partial charge in [0.1, 0.15) is 5.69 Å². The van der Waals surface area contributed by atoms with E-state index in [1.54, 1.807) is 11.0 Å². The molecule has 0 aromatic heterocycles. The highest BCUT2D eigenvalue weighted by Crippen LogP contribution is 2.25. The number of nitrogens with zero attached hydrogens (tertiary/aromatic N) is 4. The number of nitrogens with two attached hydrogens (primary N) is 1. The Kier molecular flexibility index (Phi) is 4.61. The fourth-order valence-corrected chi connectivity index (χ4v) is 1.51. The second-order valence-corrected chi connectivity index (χ2v) is 3.57. The second kappa shape index (κ2) is 6.18. The van der Waals surface area contributed by atoms with Gasteiger partial charge in [-0.25, -0.2) is 0 Å². The van der Waals surface area contributed by atoms with Gasteiger partial charge in [-0.05, 0) is 5.56 Å². The third kappa shape index (κ3) is 3.17. The Bertz CT molecular complexity index is 513. The van der Waals surface area contributed by atoms with Gasteiger partial charge in [-0.1, -0.05) is 12.1 Å². The number of hydrogen-bond donors (Lipinski definition) is 1. The van der Waals surface area contributed by atoms with Crippen LogP contribution in [0.3, 0.4) is 0 Å². The highest BCUT2D eigenvalue weighted by Gasteiger charge is 2.16. The summed E-state index contributed by atoms with van der Waals surface area (Å²) in [6, 6.07) is 8.35. The van der Waals surface area contributed by atoms with Crippen LogP contribution in [0.2, 0.25) is 0 Å². The molecule has 0 aliphatic rings. The van der Waals surface area contributed by atoms with Crippen LogP contribution in [0.5, 0.6) is 0 Å². The smallest absolute Gasteiger partial charge is 0.292 e. The highest BCUT2D eigenvalue weighted by atomic mass is 16.6. The van der Waals surface area contributed by atoms with Crippen LogP contribution in [0, 0.1) is 32.8 Å². The van der Waals surface area contributed by atoms with Crippen molar-refractivity contribution >= 4 is 11.4 Å². The van der Waals surface area contributed by atoms with Gasteiger partial charge in [-0.3, -0.25) is 15.0 Å². The lowest BCUT2D eigenvalue weighted by atomic mass is 10.1. The third-order valence-corrected chi connectivity index (χ3v) is 2.35. The quantitative estimate of drug-likeness (QED) is 0.358. The average molecular weight is 245 g/mol. The molecule has 92 valence electrons. The normalized spacial score (nSPS) is 9.72. The molecular weight excluding hydrogens is 234 g/mol. The highest BCUT2D eigenvalue weighted by molar-refractivity contribution is 5.62. The minimum absolute atomic E-state index is 0.0652. The molecular formula is C11H11N5O2. The number of nitro benzene ring substituents is 1. The van der Waals surface area contributed by atoms with Crippen molar-refractivity contribution in [2.75, 3.05) is 18.8 Å². The zero-order valence-electron chi connectivity index (χ0n) is 9.54. The van der Waals surface area contributed by atoms with E-state index >= 15 is 0 Å². The Morgan fingerprint density at radius 2 is 1.94 bits per heavy atom. The molecule has 0 fully saturated rings. The van der Waals surface area contributed by atoms with Crippen molar-refractivity contribution < 1.29 is 4.92 Å². The third-order valence-electron chi connectivity index (χ3n) is 2.35. The summed E-state index contributed by atoms with van der Waals surface area (Å²) in [7, 11) is 0. The van der Waals surface area contributed by atoms with Gasteiger partial charge in [-0.15, -0.1) is 0 Å². The van der Waals surface area contributed by atoms with Crippen molar-refractivity contribution in [3.63, 3.8) is 0 Å². The Morgan fingerprint density at radius 3 is 2.44 bits per heavy atom. The molecule has 0 saturated heterocycles. The minimum atomic E-state index is -0.558. The first-order valence-corrected chi connectivity index (χ1v) is 5.08. The van der Waals surface area contributed by atoms with E-state index in [0.717, 1.165) is 0 Å². The van der Waals surface area contributed by atoms with Crippen LogP contribution in [0.15, 0.2) is 18.2 Å². The second-order valence-electron chi connectivity index (χ2n) is 3.57. The molecule has 18 heavy (non-hydrogen) atoms. The van der Waals surface area contributed by atoms with Crippen molar-refractivity contribution in [1.29, 1.82) is 10.5 Å². The Labute approximate surface area is 104 Å². The summed E-state index contributed by atoms with van der Waals surface area (Å²) < 4.78 is 0. The molecule has 0 aliphatic heterocycles. The molecule has 0 spiro atoms.